The van der Waals surface area contributed by atoms with E-state index in [1.54, 1.807) is 11.8 Å². The number of thioether (sulfide) groups is 1. The monoisotopic (exact) mass is 358 g/mol. The minimum Gasteiger partial charge on any atom is -0.105 e. The van der Waals surface area contributed by atoms with Crippen molar-refractivity contribution in [3.05, 3.63) is 35.9 Å². The highest BCUT2D eigenvalue weighted by Crippen LogP contribution is 2.70. The van der Waals surface area contributed by atoms with Gasteiger partial charge in [-0.05, 0) is 22.8 Å². The van der Waals surface area contributed by atoms with Crippen LogP contribution in [0.5, 0.6) is 0 Å². The standard InChI is InChI=1S/C17H27PS3/c1-13(14-11-9-8-10-12-14)21-15(19)18(20,16(2,3)4)17(5,6)7/h8-13H,1-7H3/t13-/m0/s1. The van der Waals surface area contributed by atoms with Gasteiger partial charge in [0.2, 0.25) is 0 Å². The van der Waals surface area contributed by atoms with Crippen LogP contribution in [0.15, 0.2) is 30.3 Å². The lowest BCUT2D eigenvalue weighted by Crippen LogP contribution is -2.31. The molecule has 0 bridgehead atoms. The Labute approximate surface area is 145 Å². The van der Waals surface area contributed by atoms with E-state index in [1.807, 2.05) is 6.07 Å². The molecule has 0 amide bonds. The van der Waals surface area contributed by atoms with Crippen LogP contribution in [0.4, 0.5) is 0 Å². The molecule has 0 spiro atoms. The normalized spacial score (nSPS) is 14.8. The molecule has 0 heterocycles. The van der Waals surface area contributed by atoms with Gasteiger partial charge in [-0.1, -0.05) is 95.9 Å². The Morgan fingerprint density at radius 2 is 1.43 bits per heavy atom. The summed E-state index contributed by atoms with van der Waals surface area (Å²) in [6, 6.07) is 8.72. The maximum atomic E-state index is 6.22. The van der Waals surface area contributed by atoms with Gasteiger partial charge in [-0.15, -0.1) is 11.8 Å². The van der Waals surface area contributed by atoms with Gasteiger partial charge in [0.25, 0.3) is 0 Å². The lowest BCUT2D eigenvalue weighted by molar-refractivity contribution is 0.716. The summed E-state index contributed by atoms with van der Waals surface area (Å²) in [5.41, 5.74) is 1.31. The first-order chi connectivity index (χ1) is 9.41. The van der Waals surface area contributed by atoms with E-state index in [4.69, 9.17) is 24.0 Å². The molecule has 118 valence electrons. The molecule has 0 aliphatic rings. The lowest BCUT2D eigenvalue weighted by Gasteiger charge is -2.45. The highest BCUT2D eigenvalue weighted by molar-refractivity contribution is 8.46. The Kier molecular flexibility index (Phi) is 6.29. The molecule has 0 fully saturated rings. The smallest absolute Gasteiger partial charge is 0.0822 e. The van der Waals surface area contributed by atoms with Gasteiger partial charge < -0.3 is 0 Å². The largest absolute Gasteiger partial charge is 0.105 e. The number of rotatable bonds is 3. The van der Waals surface area contributed by atoms with Crippen molar-refractivity contribution < 1.29 is 0 Å². The highest BCUT2D eigenvalue weighted by atomic mass is 32.4. The molecule has 0 N–H and O–H groups in total. The van der Waals surface area contributed by atoms with Gasteiger partial charge in [0.15, 0.2) is 0 Å². The minimum atomic E-state index is -1.82. The average Bonchev–Trinajstić information content (AvgIpc) is 2.35. The van der Waals surface area contributed by atoms with Crippen molar-refractivity contribution in [2.24, 2.45) is 0 Å². The Hall–Kier alpha value is 0.310. The van der Waals surface area contributed by atoms with Crippen LogP contribution < -0.4 is 0 Å². The summed E-state index contributed by atoms with van der Waals surface area (Å²) in [5, 5.41) is 0.466. The van der Waals surface area contributed by atoms with Gasteiger partial charge in [-0.25, -0.2) is 0 Å². The quantitative estimate of drug-likeness (QED) is 0.429. The van der Waals surface area contributed by atoms with Crippen LogP contribution in [0, 0.1) is 0 Å². The van der Waals surface area contributed by atoms with Crippen molar-refractivity contribution in [3.8, 4) is 0 Å². The minimum absolute atomic E-state index is 0.0566. The molecule has 1 aromatic rings. The van der Waals surface area contributed by atoms with E-state index in [2.05, 4.69) is 72.7 Å². The van der Waals surface area contributed by atoms with Gasteiger partial charge in [-0.3, -0.25) is 0 Å². The first kappa shape index (κ1) is 19.4. The summed E-state index contributed by atoms with van der Waals surface area (Å²) in [5.74, 6) is 0. The van der Waals surface area contributed by atoms with Crippen LogP contribution in [-0.2, 0) is 11.8 Å². The molecule has 21 heavy (non-hydrogen) atoms. The molecule has 1 aromatic carbocycles. The molecule has 0 unspecified atom stereocenters. The summed E-state index contributed by atoms with van der Waals surface area (Å²) < 4.78 is 1.05. The molecule has 0 radical (unpaired) electrons. The molecule has 0 aliphatic heterocycles. The zero-order valence-electron chi connectivity index (χ0n) is 14.1. The fourth-order valence-corrected chi connectivity index (χ4v) is 11.4. The molecule has 1 rings (SSSR count). The molecule has 0 aliphatic carbocycles. The van der Waals surface area contributed by atoms with E-state index in [0.717, 1.165) is 3.94 Å². The fourth-order valence-electron chi connectivity index (χ4n) is 2.57. The van der Waals surface area contributed by atoms with Crippen molar-refractivity contribution in [1.82, 2.24) is 0 Å². The SMILES string of the molecule is C[C@H](SC(=S)P(=S)(C(C)(C)C)C(C)(C)C)c1ccccc1. The Bertz CT molecular complexity index is 517. The van der Waals surface area contributed by atoms with Gasteiger partial charge in [-0.2, -0.15) is 0 Å². The predicted molar refractivity (Wildman–Crippen MR) is 109 cm³/mol. The Morgan fingerprint density at radius 3 is 1.81 bits per heavy atom. The van der Waals surface area contributed by atoms with Crippen LogP contribution in [0.3, 0.4) is 0 Å². The topological polar surface area (TPSA) is 0 Å². The Balaban J connectivity index is 3.08. The molecule has 0 aromatic heterocycles. The maximum absolute atomic E-state index is 6.22. The fraction of sp³-hybridized carbons (Fsp3) is 0.588. The first-order valence-corrected chi connectivity index (χ1v) is 11.4. The van der Waals surface area contributed by atoms with E-state index in [0.29, 0.717) is 5.25 Å². The van der Waals surface area contributed by atoms with E-state index in [-0.39, 0.29) is 10.3 Å². The predicted octanol–water partition coefficient (Wildman–Crippen LogP) is 6.84. The second kappa shape index (κ2) is 6.83. The summed E-state index contributed by atoms with van der Waals surface area (Å²) in [4.78, 5) is 0. The molecule has 0 saturated carbocycles. The summed E-state index contributed by atoms with van der Waals surface area (Å²) in [6.07, 6.45) is 0. The molecule has 0 nitrogen and oxygen atoms in total. The second-order valence-electron chi connectivity index (χ2n) is 7.39. The van der Waals surface area contributed by atoms with Crippen LogP contribution in [-0.4, -0.2) is 14.2 Å². The van der Waals surface area contributed by atoms with Crippen LogP contribution in [0.1, 0.15) is 59.3 Å². The second-order valence-corrected chi connectivity index (χ2v) is 16.0. The van der Waals surface area contributed by atoms with E-state index >= 15 is 0 Å². The highest BCUT2D eigenvalue weighted by Gasteiger charge is 2.45. The zero-order chi connectivity index (χ0) is 16.5. The number of benzene rings is 1. The number of hydrogen-bond acceptors (Lipinski definition) is 3. The van der Waals surface area contributed by atoms with Crippen molar-refractivity contribution >= 4 is 45.8 Å². The molecular formula is C17H27PS3. The third kappa shape index (κ3) is 4.19. The summed E-state index contributed by atoms with van der Waals surface area (Å²) in [7, 11) is 0. The molecule has 0 saturated heterocycles. The average molecular weight is 359 g/mol. The van der Waals surface area contributed by atoms with Crippen molar-refractivity contribution in [2.45, 2.75) is 64.0 Å². The van der Waals surface area contributed by atoms with Gasteiger partial charge >= 0.3 is 0 Å². The van der Waals surface area contributed by atoms with Gasteiger partial charge in [0, 0.05) is 11.3 Å². The van der Waals surface area contributed by atoms with Gasteiger partial charge in [0.1, 0.15) is 0 Å². The van der Waals surface area contributed by atoms with Crippen LogP contribution in [0.25, 0.3) is 0 Å². The van der Waals surface area contributed by atoms with Gasteiger partial charge in [0.05, 0.1) is 3.94 Å². The van der Waals surface area contributed by atoms with Crippen LogP contribution in [0.2, 0.25) is 0 Å². The van der Waals surface area contributed by atoms with E-state index in [1.165, 1.54) is 5.56 Å². The van der Waals surface area contributed by atoms with E-state index < -0.39 is 6.04 Å². The summed E-state index contributed by atoms with van der Waals surface area (Å²) in [6.45, 7) is 15.7. The first-order valence-electron chi connectivity index (χ1n) is 7.27. The number of thiocarbonyl (C=S) groups is 1. The number of hydrogen-bond donors (Lipinski definition) is 0. The van der Waals surface area contributed by atoms with Crippen LogP contribution >= 0.6 is 30.0 Å². The molecule has 4 heteroatoms. The third-order valence-electron chi connectivity index (χ3n) is 3.69. The van der Waals surface area contributed by atoms with Crippen molar-refractivity contribution in [1.29, 1.82) is 0 Å². The third-order valence-corrected chi connectivity index (χ3v) is 15.6. The maximum Gasteiger partial charge on any atom is 0.0822 e. The zero-order valence-corrected chi connectivity index (χ0v) is 17.5. The van der Waals surface area contributed by atoms with Crippen molar-refractivity contribution in [3.63, 3.8) is 0 Å². The Morgan fingerprint density at radius 1 is 1.00 bits per heavy atom. The molecular weight excluding hydrogens is 331 g/mol. The summed E-state index contributed by atoms with van der Waals surface area (Å²) >= 11 is 13.9. The van der Waals surface area contributed by atoms with E-state index in [9.17, 15) is 0 Å². The molecule has 1 atom stereocenters. The lowest BCUT2D eigenvalue weighted by atomic mass is 10.2. The van der Waals surface area contributed by atoms with Crippen molar-refractivity contribution in [2.75, 3.05) is 0 Å².